The molecule has 2 N–H and O–H groups in total. The first-order chi connectivity index (χ1) is 11.2. The standard InChI is InChI=1S/C18H20N2O2S/c1-2-5-17(21)19-13-7-4-8-14(11-13)20-18(22)16-10-12-6-3-9-15(12)23-16/h4,7-8,10-11H,2-3,5-6,9H2,1H3,(H,19,21)(H,20,22). The monoisotopic (exact) mass is 328 g/mol. The largest absolute Gasteiger partial charge is 0.326 e. The Labute approximate surface area is 139 Å². The lowest BCUT2D eigenvalue weighted by molar-refractivity contribution is -0.116. The molecule has 1 aliphatic carbocycles. The van der Waals surface area contributed by atoms with E-state index in [1.165, 1.54) is 16.9 Å². The van der Waals surface area contributed by atoms with E-state index < -0.39 is 0 Å². The van der Waals surface area contributed by atoms with Crippen LogP contribution < -0.4 is 10.6 Å². The Morgan fingerprint density at radius 3 is 2.65 bits per heavy atom. The fraction of sp³-hybridized carbons (Fsp3) is 0.333. The van der Waals surface area contributed by atoms with Gasteiger partial charge in [0, 0.05) is 22.7 Å². The highest BCUT2D eigenvalue weighted by Gasteiger charge is 2.18. The highest BCUT2D eigenvalue weighted by molar-refractivity contribution is 7.14. The summed E-state index contributed by atoms with van der Waals surface area (Å²) in [7, 11) is 0. The molecule has 23 heavy (non-hydrogen) atoms. The summed E-state index contributed by atoms with van der Waals surface area (Å²) in [5.41, 5.74) is 2.72. The summed E-state index contributed by atoms with van der Waals surface area (Å²) < 4.78 is 0. The van der Waals surface area contributed by atoms with Gasteiger partial charge in [-0.05, 0) is 55.5 Å². The number of anilines is 2. The van der Waals surface area contributed by atoms with Gasteiger partial charge in [-0.15, -0.1) is 11.3 Å². The predicted octanol–water partition coefficient (Wildman–Crippen LogP) is 4.23. The zero-order valence-corrected chi connectivity index (χ0v) is 14.0. The van der Waals surface area contributed by atoms with Crippen molar-refractivity contribution < 1.29 is 9.59 Å². The molecule has 0 fully saturated rings. The van der Waals surface area contributed by atoms with E-state index in [4.69, 9.17) is 0 Å². The molecule has 0 saturated carbocycles. The molecule has 1 aromatic heterocycles. The van der Waals surface area contributed by atoms with Crippen LogP contribution in [-0.2, 0) is 17.6 Å². The minimum absolute atomic E-state index is 0.00865. The Balaban J connectivity index is 1.67. The summed E-state index contributed by atoms with van der Waals surface area (Å²) in [6, 6.07) is 9.27. The second-order valence-electron chi connectivity index (χ2n) is 5.75. The van der Waals surface area contributed by atoms with E-state index in [1.807, 2.05) is 31.2 Å². The average molecular weight is 328 g/mol. The molecule has 1 aliphatic rings. The molecule has 1 heterocycles. The van der Waals surface area contributed by atoms with E-state index >= 15 is 0 Å². The topological polar surface area (TPSA) is 58.2 Å². The summed E-state index contributed by atoms with van der Waals surface area (Å²) in [5.74, 6) is -0.0907. The summed E-state index contributed by atoms with van der Waals surface area (Å²) >= 11 is 1.59. The number of carbonyl (C=O) groups is 2. The van der Waals surface area contributed by atoms with E-state index in [-0.39, 0.29) is 11.8 Å². The van der Waals surface area contributed by atoms with Crippen LogP contribution in [0.4, 0.5) is 11.4 Å². The lowest BCUT2D eigenvalue weighted by atomic mass is 10.2. The van der Waals surface area contributed by atoms with Crippen LogP contribution in [0.2, 0.25) is 0 Å². The van der Waals surface area contributed by atoms with Gasteiger partial charge in [0.1, 0.15) is 0 Å². The Hall–Kier alpha value is -2.14. The maximum Gasteiger partial charge on any atom is 0.265 e. The van der Waals surface area contributed by atoms with Crippen molar-refractivity contribution in [3.05, 3.63) is 45.6 Å². The van der Waals surface area contributed by atoms with Gasteiger partial charge in [0.05, 0.1) is 4.88 Å². The third-order valence-corrected chi connectivity index (χ3v) is 5.09. The van der Waals surface area contributed by atoms with E-state index in [1.54, 1.807) is 17.4 Å². The zero-order chi connectivity index (χ0) is 16.2. The molecular weight excluding hydrogens is 308 g/mol. The van der Waals surface area contributed by atoms with Crippen LogP contribution in [0.15, 0.2) is 30.3 Å². The third-order valence-electron chi connectivity index (χ3n) is 3.85. The molecular formula is C18H20N2O2S. The van der Waals surface area contributed by atoms with Crippen LogP contribution in [-0.4, -0.2) is 11.8 Å². The van der Waals surface area contributed by atoms with Gasteiger partial charge in [0.25, 0.3) is 5.91 Å². The van der Waals surface area contributed by atoms with Crippen LogP contribution in [0, 0.1) is 0 Å². The van der Waals surface area contributed by atoms with Gasteiger partial charge >= 0.3 is 0 Å². The minimum Gasteiger partial charge on any atom is -0.326 e. The number of fused-ring (bicyclic) bond motifs is 1. The summed E-state index contributed by atoms with van der Waals surface area (Å²) in [6.07, 6.45) is 4.68. The van der Waals surface area contributed by atoms with Crippen LogP contribution in [0.1, 0.15) is 46.3 Å². The summed E-state index contributed by atoms with van der Waals surface area (Å²) in [4.78, 5) is 26.1. The van der Waals surface area contributed by atoms with Gasteiger partial charge in [0.15, 0.2) is 0 Å². The smallest absolute Gasteiger partial charge is 0.265 e. The molecule has 0 spiro atoms. The molecule has 0 aliphatic heterocycles. The molecule has 2 aromatic rings. The molecule has 0 atom stereocenters. The zero-order valence-electron chi connectivity index (χ0n) is 13.1. The van der Waals surface area contributed by atoms with Crippen molar-refractivity contribution in [3.63, 3.8) is 0 Å². The van der Waals surface area contributed by atoms with Gasteiger partial charge in [-0.3, -0.25) is 9.59 Å². The van der Waals surface area contributed by atoms with Gasteiger partial charge in [0.2, 0.25) is 5.91 Å². The normalized spacial score (nSPS) is 12.7. The molecule has 120 valence electrons. The number of benzene rings is 1. The lowest BCUT2D eigenvalue weighted by Gasteiger charge is -2.08. The van der Waals surface area contributed by atoms with Crippen molar-refractivity contribution in [3.8, 4) is 0 Å². The minimum atomic E-state index is -0.0820. The summed E-state index contributed by atoms with van der Waals surface area (Å²) in [6.45, 7) is 1.97. The van der Waals surface area contributed by atoms with E-state index in [0.717, 1.165) is 24.1 Å². The maximum absolute atomic E-state index is 12.4. The first-order valence-corrected chi connectivity index (χ1v) is 8.80. The molecule has 5 heteroatoms. The highest BCUT2D eigenvalue weighted by Crippen LogP contribution is 2.31. The lowest BCUT2D eigenvalue weighted by Crippen LogP contribution is -2.12. The fourth-order valence-corrected chi connectivity index (χ4v) is 3.91. The van der Waals surface area contributed by atoms with Crippen LogP contribution in [0.3, 0.4) is 0 Å². The van der Waals surface area contributed by atoms with E-state index in [2.05, 4.69) is 10.6 Å². The van der Waals surface area contributed by atoms with Gasteiger partial charge in [-0.2, -0.15) is 0 Å². The number of thiophene rings is 1. The number of amides is 2. The second kappa shape index (κ2) is 6.96. The van der Waals surface area contributed by atoms with Crippen molar-refractivity contribution in [2.45, 2.75) is 39.0 Å². The number of hydrogen-bond acceptors (Lipinski definition) is 3. The Kier molecular flexibility index (Phi) is 4.76. The van der Waals surface area contributed by atoms with Gasteiger partial charge in [-0.25, -0.2) is 0 Å². The van der Waals surface area contributed by atoms with Crippen LogP contribution in [0.25, 0.3) is 0 Å². The number of carbonyl (C=O) groups excluding carboxylic acids is 2. The third kappa shape index (κ3) is 3.79. The maximum atomic E-state index is 12.4. The van der Waals surface area contributed by atoms with Crippen molar-refractivity contribution in [1.82, 2.24) is 0 Å². The SMILES string of the molecule is CCCC(=O)Nc1cccc(NC(=O)c2cc3c(s2)CCC3)c1. The highest BCUT2D eigenvalue weighted by atomic mass is 32.1. The molecule has 3 rings (SSSR count). The molecule has 0 saturated heterocycles. The first-order valence-electron chi connectivity index (χ1n) is 7.98. The van der Waals surface area contributed by atoms with Crippen molar-refractivity contribution in [2.75, 3.05) is 10.6 Å². The molecule has 0 radical (unpaired) electrons. The van der Waals surface area contributed by atoms with E-state index in [0.29, 0.717) is 17.8 Å². The summed E-state index contributed by atoms with van der Waals surface area (Å²) in [5, 5.41) is 5.75. The van der Waals surface area contributed by atoms with Crippen molar-refractivity contribution >= 4 is 34.5 Å². The Bertz CT molecular complexity index is 715. The number of hydrogen-bond donors (Lipinski definition) is 2. The number of aryl methyl sites for hydroxylation is 2. The molecule has 1 aromatic carbocycles. The Morgan fingerprint density at radius 2 is 1.91 bits per heavy atom. The van der Waals surface area contributed by atoms with E-state index in [9.17, 15) is 9.59 Å². The van der Waals surface area contributed by atoms with Crippen molar-refractivity contribution in [1.29, 1.82) is 0 Å². The molecule has 4 nitrogen and oxygen atoms in total. The number of nitrogens with one attached hydrogen (secondary N) is 2. The quantitative estimate of drug-likeness (QED) is 0.863. The second-order valence-corrected chi connectivity index (χ2v) is 6.88. The molecule has 0 unspecified atom stereocenters. The first kappa shape index (κ1) is 15.7. The fourth-order valence-electron chi connectivity index (χ4n) is 2.76. The number of rotatable bonds is 5. The van der Waals surface area contributed by atoms with Crippen LogP contribution in [0.5, 0.6) is 0 Å². The van der Waals surface area contributed by atoms with Crippen LogP contribution >= 0.6 is 11.3 Å². The average Bonchev–Trinajstić information content (AvgIpc) is 3.09. The van der Waals surface area contributed by atoms with Gasteiger partial charge < -0.3 is 10.6 Å². The molecule has 2 amide bonds. The van der Waals surface area contributed by atoms with Gasteiger partial charge in [-0.1, -0.05) is 13.0 Å². The predicted molar refractivity (Wildman–Crippen MR) is 94.3 cm³/mol. The molecule has 0 bridgehead atoms. The van der Waals surface area contributed by atoms with Crippen molar-refractivity contribution in [2.24, 2.45) is 0 Å². The Morgan fingerprint density at radius 1 is 1.13 bits per heavy atom.